The number of aryl methyl sites for hydroxylation is 2. The Hall–Kier alpha value is -3.50. The van der Waals surface area contributed by atoms with Crippen molar-refractivity contribution in [2.45, 2.75) is 76.4 Å². The number of benzene rings is 2. The van der Waals surface area contributed by atoms with Crippen LogP contribution in [0.5, 0.6) is 5.88 Å². The third kappa shape index (κ3) is 6.75. The Balaban J connectivity index is 1.52. The van der Waals surface area contributed by atoms with Crippen molar-refractivity contribution in [2.24, 2.45) is 0 Å². The van der Waals surface area contributed by atoms with Gasteiger partial charge in [0, 0.05) is 42.4 Å². The minimum Gasteiger partial charge on any atom is -0.493 e. The molecule has 4 rings (SSSR count). The van der Waals surface area contributed by atoms with E-state index in [1.165, 1.54) is 18.2 Å². The summed E-state index contributed by atoms with van der Waals surface area (Å²) in [4.78, 5) is 23.2. The van der Waals surface area contributed by atoms with Gasteiger partial charge < -0.3 is 15.3 Å². The van der Waals surface area contributed by atoms with Gasteiger partial charge in [0.25, 0.3) is 15.9 Å². The number of hydrogen-bond acceptors (Lipinski definition) is 7. The molecule has 3 aromatic rings. The maximum Gasteiger partial charge on any atom is 0.264 e. The molecule has 1 amide bonds. The Labute approximate surface area is 230 Å². The highest BCUT2D eigenvalue weighted by molar-refractivity contribution is 7.92. The van der Waals surface area contributed by atoms with Crippen LogP contribution in [0.4, 0.5) is 5.95 Å². The second kappa shape index (κ2) is 11.7. The molecule has 2 aromatic carbocycles. The topological polar surface area (TPSA) is 125 Å². The summed E-state index contributed by atoms with van der Waals surface area (Å²) in [7, 11) is -2.36. The molecule has 39 heavy (non-hydrogen) atoms. The average molecular weight is 552 g/mol. The van der Waals surface area contributed by atoms with Crippen LogP contribution in [0.2, 0.25) is 0 Å². The number of sulfonamides is 1. The first kappa shape index (κ1) is 28.5. The number of amides is 1. The fourth-order valence-electron chi connectivity index (χ4n) is 5.27. The van der Waals surface area contributed by atoms with Gasteiger partial charge in [0.15, 0.2) is 0 Å². The highest BCUT2D eigenvalue weighted by Gasteiger charge is 2.28. The largest absolute Gasteiger partial charge is 0.493 e. The first-order valence-corrected chi connectivity index (χ1v) is 14.7. The Morgan fingerprint density at radius 3 is 2.28 bits per heavy atom. The molecule has 1 saturated carbocycles. The summed E-state index contributed by atoms with van der Waals surface area (Å²) in [6.45, 7) is 8.10. The molecule has 0 bridgehead atoms. The normalized spacial score (nSPS) is 17.7. The molecule has 3 N–H and O–H groups in total. The van der Waals surface area contributed by atoms with Crippen LogP contribution in [-0.4, -0.2) is 59.5 Å². The van der Waals surface area contributed by atoms with Gasteiger partial charge in [0.2, 0.25) is 11.8 Å². The maximum absolute atomic E-state index is 13.3. The van der Waals surface area contributed by atoms with Gasteiger partial charge in [-0.15, -0.1) is 0 Å². The number of carbonyl (C=O) groups excluding carboxylic acids is 1. The van der Waals surface area contributed by atoms with E-state index in [4.69, 9.17) is 0 Å². The molecule has 0 radical (unpaired) electrons. The number of nitrogens with one attached hydrogen (secondary N) is 2. The molecule has 208 valence electrons. The fourth-order valence-corrected chi connectivity index (χ4v) is 6.26. The van der Waals surface area contributed by atoms with Crippen LogP contribution < -0.4 is 10.0 Å². The molecule has 0 aliphatic heterocycles. The molecule has 0 unspecified atom stereocenters. The van der Waals surface area contributed by atoms with E-state index in [9.17, 15) is 18.3 Å². The predicted molar refractivity (Wildman–Crippen MR) is 152 cm³/mol. The van der Waals surface area contributed by atoms with Gasteiger partial charge in [0.1, 0.15) is 0 Å². The molecule has 0 saturated heterocycles. The first-order valence-electron chi connectivity index (χ1n) is 13.3. The number of carbonyl (C=O) groups is 1. The lowest BCUT2D eigenvalue weighted by atomic mass is 9.89. The summed E-state index contributed by atoms with van der Waals surface area (Å²) in [5.41, 5.74) is 3.35. The molecule has 0 spiro atoms. The van der Waals surface area contributed by atoms with Crippen LogP contribution in [0.3, 0.4) is 0 Å². The van der Waals surface area contributed by atoms with Gasteiger partial charge in [-0.25, -0.2) is 18.1 Å². The summed E-state index contributed by atoms with van der Waals surface area (Å²) in [6, 6.07) is 14.1. The zero-order valence-corrected chi connectivity index (χ0v) is 23.9. The van der Waals surface area contributed by atoms with Crippen molar-refractivity contribution in [3.63, 3.8) is 0 Å². The minimum atomic E-state index is -4.14. The molecule has 9 nitrogen and oxygen atoms in total. The van der Waals surface area contributed by atoms with Crippen LogP contribution >= 0.6 is 0 Å². The molecular formula is C29H37N5O4S. The lowest BCUT2D eigenvalue weighted by Crippen LogP contribution is -2.44. The third-order valence-corrected chi connectivity index (χ3v) is 8.53. The third-order valence-electron chi connectivity index (χ3n) is 7.20. The minimum absolute atomic E-state index is 0.0906. The van der Waals surface area contributed by atoms with Crippen LogP contribution in [0.1, 0.15) is 61.0 Å². The predicted octanol–water partition coefficient (Wildman–Crippen LogP) is 4.65. The van der Waals surface area contributed by atoms with Crippen molar-refractivity contribution in [1.82, 2.24) is 20.2 Å². The maximum atomic E-state index is 13.3. The SMILES string of the molecule is Cc1cccc(C)c1-c1cc(O)nc(NS(=O)(=O)c2cccc(C(=O)N(C)[C@H]3CC[C@@H](NC(C)C)CC3)c2)n1. The second-order valence-corrected chi connectivity index (χ2v) is 12.3. The van der Waals surface area contributed by atoms with Crippen molar-refractivity contribution in [3.8, 4) is 17.1 Å². The molecule has 1 aromatic heterocycles. The van der Waals surface area contributed by atoms with Crippen molar-refractivity contribution in [3.05, 3.63) is 65.2 Å². The van der Waals surface area contributed by atoms with Crippen LogP contribution in [0.15, 0.2) is 53.4 Å². The van der Waals surface area contributed by atoms with E-state index in [-0.39, 0.29) is 34.2 Å². The Morgan fingerprint density at radius 1 is 1.00 bits per heavy atom. The van der Waals surface area contributed by atoms with E-state index >= 15 is 0 Å². The van der Waals surface area contributed by atoms with E-state index in [2.05, 4.69) is 33.9 Å². The number of aromatic hydroxyl groups is 1. The number of nitrogens with zero attached hydrogens (tertiary/aromatic N) is 3. The van der Waals surface area contributed by atoms with E-state index in [1.807, 2.05) is 32.0 Å². The van der Waals surface area contributed by atoms with Crippen molar-refractivity contribution < 1.29 is 18.3 Å². The molecule has 1 aliphatic carbocycles. The second-order valence-electron chi connectivity index (χ2n) is 10.6. The molecule has 1 fully saturated rings. The fraction of sp³-hybridized carbons (Fsp3) is 0.414. The molecular weight excluding hydrogens is 514 g/mol. The van der Waals surface area contributed by atoms with Crippen molar-refractivity contribution in [2.75, 3.05) is 11.8 Å². The zero-order chi connectivity index (χ0) is 28.3. The summed E-state index contributed by atoms with van der Waals surface area (Å²) in [5.74, 6) is -0.837. The molecule has 10 heteroatoms. The van der Waals surface area contributed by atoms with E-state index in [0.29, 0.717) is 17.8 Å². The van der Waals surface area contributed by atoms with Crippen LogP contribution in [-0.2, 0) is 10.0 Å². The van der Waals surface area contributed by atoms with Gasteiger partial charge in [-0.3, -0.25) is 4.79 Å². The summed E-state index contributed by atoms with van der Waals surface area (Å²) >= 11 is 0. The lowest BCUT2D eigenvalue weighted by Gasteiger charge is -2.35. The van der Waals surface area contributed by atoms with Gasteiger partial charge in [-0.1, -0.05) is 38.1 Å². The summed E-state index contributed by atoms with van der Waals surface area (Å²) < 4.78 is 28.9. The number of hydrogen-bond donors (Lipinski definition) is 3. The van der Waals surface area contributed by atoms with Crippen molar-refractivity contribution in [1.29, 1.82) is 0 Å². The van der Waals surface area contributed by atoms with Gasteiger partial charge in [-0.2, -0.15) is 4.98 Å². The number of rotatable bonds is 8. The quantitative estimate of drug-likeness (QED) is 0.372. The monoisotopic (exact) mass is 551 g/mol. The van der Waals surface area contributed by atoms with Crippen molar-refractivity contribution >= 4 is 21.9 Å². The van der Waals surface area contributed by atoms with E-state index in [0.717, 1.165) is 42.4 Å². The first-order chi connectivity index (χ1) is 18.4. The van der Waals surface area contributed by atoms with E-state index < -0.39 is 10.0 Å². The molecule has 1 aliphatic rings. The summed E-state index contributed by atoms with van der Waals surface area (Å²) in [6.07, 6.45) is 3.77. The zero-order valence-electron chi connectivity index (χ0n) is 23.1. The Kier molecular flexibility index (Phi) is 8.56. The lowest BCUT2D eigenvalue weighted by molar-refractivity contribution is 0.0682. The Bertz CT molecular complexity index is 1430. The molecule has 1 heterocycles. The van der Waals surface area contributed by atoms with Gasteiger partial charge in [0.05, 0.1) is 10.6 Å². The highest BCUT2D eigenvalue weighted by Crippen LogP contribution is 2.29. The van der Waals surface area contributed by atoms with Gasteiger partial charge in [-0.05, 0) is 68.9 Å². The van der Waals surface area contributed by atoms with E-state index in [1.54, 1.807) is 24.1 Å². The highest BCUT2D eigenvalue weighted by atomic mass is 32.2. The smallest absolute Gasteiger partial charge is 0.264 e. The molecule has 0 atom stereocenters. The number of aromatic nitrogens is 2. The number of anilines is 1. The van der Waals surface area contributed by atoms with Crippen LogP contribution in [0, 0.1) is 13.8 Å². The summed E-state index contributed by atoms with van der Waals surface area (Å²) in [5, 5.41) is 13.8. The standard InChI is InChI=1S/C29H37N5O4S/c1-18(2)30-22-12-14-23(15-13-22)34(5)28(36)21-10-7-11-24(16-21)39(37,38)33-29-31-25(17-26(35)32-29)27-19(3)8-6-9-20(27)4/h6-11,16-18,22-23,30H,12-15H2,1-5H3,(H2,31,32,33,35)/t22-,23+. The van der Waals surface area contributed by atoms with Gasteiger partial charge >= 0.3 is 0 Å². The van der Waals surface area contributed by atoms with Crippen LogP contribution in [0.25, 0.3) is 11.3 Å². The average Bonchev–Trinajstić information content (AvgIpc) is 2.87. The Morgan fingerprint density at radius 2 is 1.64 bits per heavy atom.